The van der Waals surface area contributed by atoms with E-state index in [9.17, 15) is 9.18 Å². The van der Waals surface area contributed by atoms with Crippen LogP contribution in [0.15, 0.2) is 24.3 Å². The minimum atomic E-state index is -0.275. The molecule has 1 unspecified atom stereocenters. The first kappa shape index (κ1) is 13.5. The fourth-order valence-corrected chi connectivity index (χ4v) is 3.24. The summed E-state index contributed by atoms with van der Waals surface area (Å²) in [6.07, 6.45) is 2.76. The van der Waals surface area contributed by atoms with Crippen molar-refractivity contribution in [2.24, 2.45) is 0 Å². The van der Waals surface area contributed by atoms with Crippen LogP contribution in [0.5, 0.6) is 0 Å². The first-order valence-corrected chi connectivity index (χ1v) is 7.73. The number of hydrogen-bond donors (Lipinski definition) is 1. The Morgan fingerprint density at radius 2 is 2.14 bits per heavy atom. The van der Waals surface area contributed by atoms with Gasteiger partial charge in [-0.05, 0) is 44.0 Å². The molecule has 1 atom stereocenters. The van der Waals surface area contributed by atoms with E-state index in [2.05, 4.69) is 10.3 Å². The molecule has 1 aliphatic heterocycles. The van der Waals surface area contributed by atoms with Crippen molar-refractivity contribution < 1.29 is 9.18 Å². The predicted molar refractivity (Wildman–Crippen MR) is 83.2 cm³/mol. The number of anilines is 1. The molecule has 1 aromatic carbocycles. The van der Waals surface area contributed by atoms with E-state index in [4.69, 9.17) is 0 Å². The van der Waals surface area contributed by atoms with Crippen LogP contribution in [0.4, 0.5) is 10.1 Å². The zero-order chi connectivity index (χ0) is 15.3. The summed E-state index contributed by atoms with van der Waals surface area (Å²) in [7, 11) is 0. The van der Waals surface area contributed by atoms with Crippen molar-refractivity contribution in [2.45, 2.75) is 38.3 Å². The lowest BCUT2D eigenvalue weighted by atomic mass is 10.1. The number of fused-ring (bicyclic) bond motifs is 1. The van der Waals surface area contributed by atoms with Crippen LogP contribution in [-0.2, 0) is 4.79 Å². The summed E-state index contributed by atoms with van der Waals surface area (Å²) >= 11 is 0. The van der Waals surface area contributed by atoms with E-state index in [1.165, 1.54) is 12.1 Å². The molecule has 2 aromatic rings. The fourth-order valence-electron chi connectivity index (χ4n) is 3.24. The molecular weight excluding hydrogens is 281 g/mol. The number of nitrogens with zero attached hydrogens (tertiary/aromatic N) is 2. The van der Waals surface area contributed by atoms with Gasteiger partial charge in [-0.25, -0.2) is 4.39 Å². The van der Waals surface area contributed by atoms with Crippen LogP contribution in [-0.4, -0.2) is 34.4 Å². The molecule has 114 valence electrons. The molecule has 4 rings (SSSR count). The Kier molecular flexibility index (Phi) is 3.03. The highest BCUT2D eigenvalue weighted by atomic mass is 19.1. The molecule has 0 bridgehead atoms. The molecule has 2 aliphatic rings. The van der Waals surface area contributed by atoms with Gasteiger partial charge in [-0.15, -0.1) is 0 Å². The molecule has 1 N–H and O–H groups in total. The highest BCUT2D eigenvalue weighted by molar-refractivity contribution is 5.92. The van der Waals surface area contributed by atoms with Crippen LogP contribution in [0.1, 0.15) is 25.0 Å². The van der Waals surface area contributed by atoms with Crippen molar-refractivity contribution in [2.75, 3.05) is 11.9 Å². The van der Waals surface area contributed by atoms with Gasteiger partial charge in [0.2, 0.25) is 5.91 Å². The number of benzene rings is 1. The van der Waals surface area contributed by atoms with Crippen LogP contribution in [0.2, 0.25) is 0 Å². The number of halogens is 1. The Balaban J connectivity index is 1.63. The summed E-state index contributed by atoms with van der Waals surface area (Å²) in [6, 6.07) is 7.08. The van der Waals surface area contributed by atoms with Gasteiger partial charge in [-0.2, -0.15) is 0 Å². The van der Waals surface area contributed by atoms with Crippen molar-refractivity contribution in [1.29, 1.82) is 0 Å². The Bertz CT molecular complexity index is 757. The van der Waals surface area contributed by atoms with E-state index in [0.29, 0.717) is 12.5 Å². The van der Waals surface area contributed by atoms with Crippen LogP contribution in [0, 0.1) is 12.7 Å². The van der Waals surface area contributed by atoms with Crippen LogP contribution in [0.25, 0.3) is 10.9 Å². The average molecular weight is 299 g/mol. The molecule has 1 aromatic heterocycles. The molecule has 1 saturated carbocycles. The van der Waals surface area contributed by atoms with E-state index in [-0.39, 0.29) is 17.8 Å². The zero-order valence-electron chi connectivity index (χ0n) is 12.5. The largest absolute Gasteiger partial charge is 0.379 e. The molecule has 1 amide bonds. The number of nitrogens with one attached hydrogen (secondary N) is 1. The maximum Gasteiger partial charge on any atom is 0.225 e. The third-order valence-electron chi connectivity index (χ3n) is 4.40. The van der Waals surface area contributed by atoms with Crippen molar-refractivity contribution in [1.82, 2.24) is 9.88 Å². The predicted octanol–water partition coefficient (Wildman–Crippen LogP) is 2.86. The van der Waals surface area contributed by atoms with Gasteiger partial charge in [0.05, 0.1) is 11.6 Å². The normalized spacial score (nSPS) is 21.6. The van der Waals surface area contributed by atoms with E-state index in [1.807, 2.05) is 17.9 Å². The van der Waals surface area contributed by atoms with Crippen LogP contribution < -0.4 is 5.32 Å². The topological polar surface area (TPSA) is 45.2 Å². The first-order chi connectivity index (χ1) is 10.6. The van der Waals surface area contributed by atoms with Gasteiger partial charge in [0.1, 0.15) is 5.82 Å². The monoisotopic (exact) mass is 299 g/mol. The highest BCUT2D eigenvalue weighted by Gasteiger charge is 2.39. The second-order valence-electron chi connectivity index (χ2n) is 6.30. The molecule has 0 radical (unpaired) electrons. The quantitative estimate of drug-likeness (QED) is 0.948. The number of aromatic nitrogens is 1. The number of aryl methyl sites for hydroxylation is 1. The number of amides is 1. The lowest BCUT2D eigenvalue weighted by Crippen LogP contribution is -2.29. The summed E-state index contributed by atoms with van der Waals surface area (Å²) in [4.78, 5) is 18.5. The van der Waals surface area contributed by atoms with Crippen molar-refractivity contribution in [3.05, 3.63) is 35.8 Å². The molecule has 5 heteroatoms. The molecular formula is C17H18FN3O. The van der Waals surface area contributed by atoms with E-state index < -0.39 is 0 Å². The average Bonchev–Trinajstić information content (AvgIpc) is 3.24. The maximum absolute atomic E-state index is 13.6. The van der Waals surface area contributed by atoms with E-state index in [0.717, 1.165) is 41.7 Å². The minimum absolute atomic E-state index is 0.0846. The molecule has 1 aliphatic carbocycles. The summed E-state index contributed by atoms with van der Waals surface area (Å²) in [5.74, 6) is -0.0513. The van der Waals surface area contributed by atoms with Crippen molar-refractivity contribution in [3.63, 3.8) is 0 Å². The zero-order valence-corrected chi connectivity index (χ0v) is 12.5. The third-order valence-corrected chi connectivity index (χ3v) is 4.40. The number of rotatable bonds is 3. The molecule has 22 heavy (non-hydrogen) atoms. The standard InChI is InChI=1S/C17H18FN3O/c1-10-6-16(14-7-11(18)2-5-15(14)19-10)20-12-8-17(22)21(9-12)13-3-4-13/h2,5-7,12-13H,3-4,8-9H2,1H3,(H,19,20). The summed E-state index contributed by atoms with van der Waals surface area (Å²) < 4.78 is 13.6. The Labute approximate surface area is 128 Å². The lowest BCUT2D eigenvalue weighted by molar-refractivity contribution is -0.128. The molecule has 2 fully saturated rings. The minimum Gasteiger partial charge on any atom is -0.379 e. The SMILES string of the molecule is Cc1cc(NC2CC(=O)N(C3CC3)C2)c2cc(F)ccc2n1. The van der Waals surface area contributed by atoms with Gasteiger partial charge < -0.3 is 10.2 Å². The van der Waals surface area contributed by atoms with Gasteiger partial charge in [0, 0.05) is 35.8 Å². The number of hydrogen-bond acceptors (Lipinski definition) is 3. The summed E-state index contributed by atoms with van der Waals surface area (Å²) in [6.45, 7) is 2.66. The summed E-state index contributed by atoms with van der Waals surface area (Å²) in [5, 5.41) is 4.19. The van der Waals surface area contributed by atoms with Gasteiger partial charge in [-0.3, -0.25) is 9.78 Å². The molecule has 2 heterocycles. The Morgan fingerprint density at radius 1 is 1.32 bits per heavy atom. The van der Waals surface area contributed by atoms with Gasteiger partial charge in [0.15, 0.2) is 0 Å². The molecule has 1 saturated heterocycles. The third kappa shape index (κ3) is 2.40. The van der Waals surface area contributed by atoms with Crippen molar-refractivity contribution in [3.8, 4) is 0 Å². The van der Waals surface area contributed by atoms with E-state index >= 15 is 0 Å². The van der Waals surface area contributed by atoms with Gasteiger partial charge >= 0.3 is 0 Å². The molecule has 0 spiro atoms. The number of likely N-dealkylation sites (tertiary alicyclic amines) is 1. The highest BCUT2D eigenvalue weighted by Crippen LogP contribution is 2.32. The van der Waals surface area contributed by atoms with Crippen molar-refractivity contribution >= 4 is 22.5 Å². The van der Waals surface area contributed by atoms with Crippen LogP contribution >= 0.6 is 0 Å². The lowest BCUT2D eigenvalue weighted by Gasteiger charge is -2.18. The van der Waals surface area contributed by atoms with Gasteiger partial charge in [-0.1, -0.05) is 0 Å². The number of carbonyl (C=O) groups is 1. The second kappa shape index (κ2) is 4.93. The van der Waals surface area contributed by atoms with Crippen LogP contribution in [0.3, 0.4) is 0 Å². The molecule has 4 nitrogen and oxygen atoms in total. The fraction of sp³-hybridized carbons (Fsp3) is 0.412. The number of carbonyl (C=O) groups excluding carboxylic acids is 1. The Hall–Kier alpha value is -2.17. The van der Waals surface area contributed by atoms with E-state index in [1.54, 1.807) is 6.07 Å². The number of pyridine rings is 1. The smallest absolute Gasteiger partial charge is 0.225 e. The first-order valence-electron chi connectivity index (χ1n) is 7.73. The Morgan fingerprint density at radius 3 is 2.91 bits per heavy atom. The maximum atomic E-state index is 13.6. The van der Waals surface area contributed by atoms with Gasteiger partial charge in [0.25, 0.3) is 0 Å². The summed E-state index contributed by atoms with van der Waals surface area (Å²) in [5.41, 5.74) is 2.51. The second-order valence-corrected chi connectivity index (χ2v) is 6.30.